The molecule has 168 valence electrons. The first-order chi connectivity index (χ1) is 14.8. The Kier molecular flexibility index (Phi) is 7.75. The third kappa shape index (κ3) is 6.09. The lowest BCUT2D eigenvalue weighted by Crippen LogP contribution is -2.21. The second kappa shape index (κ2) is 10.3. The Balaban J connectivity index is 1.83. The average Bonchev–Trinajstić information content (AvgIpc) is 3.04. The lowest BCUT2D eigenvalue weighted by atomic mass is 10.0. The fourth-order valence-corrected chi connectivity index (χ4v) is 3.79. The summed E-state index contributed by atoms with van der Waals surface area (Å²) in [5.41, 5.74) is 2.72. The van der Waals surface area contributed by atoms with Crippen LogP contribution in [0.4, 0.5) is 0 Å². The van der Waals surface area contributed by atoms with Gasteiger partial charge in [0, 0.05) is 6.42 Å². The van der Waals surface area contributed by atoms with Gasteiger partial charge in [-0.25, -0.2) is 9.97 Å². The SMILES string of the molecule is CCC[C@@H](O)c1nc2ccccc2nc1/C=C/[C@H]1OC(C)(C)O[C@H]1CCCC(=O)OC. The molecule has 1 saturated heterocycles. The number of aromatic nitrogens is 2. The summed E-state index contributed by atoms with van der Waals surface area (Å²) in [7, 11) is 1.39. The maximum atomic E-state index is 11.4. The van der Waals surface area contributed by atoms with Crippen LogP contribution in [0.1, 0.15) is 70.4 Å². The summed E-state index contributed by atoms with van der Waals surface area (Å²) in [6.45, 7) is 5.78. The third-order valence-corrected chi connectivity index (χ3v) is 5.27. The second-order valence-electron chi connectivity index (χ2n) is 8.25. The van der Waals surface area contributed by atoms with Gasteiger partial charge in [-0.3, -0.25) is 4.79 Å². The zero-order valence-electron chi connectivity index (χ0n) is 18.7. The van der Waals surface area contributed by atoms with E-state index in [0.29, 0.717) is 37.1 Å². The fraction of sp³-hybridized carbons (Fsp3) is 0.542. The summed E-state index contributed by atoms with van der Waals surface area (Å²) >= 11 is 0. The zero-order chi connectivity index (χ0) is 22.4. The Morgan fingerprint density at radius 1 is 1.26 bits per heavy atom. The van der Waals surface area contributed by atoms with Crippen LogP contribution in [0.15, 0.2) is 30.3 Å². The molecular weight excluding hydrogens is 396 g/mol. The van der Waals surface area contributed by atoms with Crippen molar-refractivity contribution in [3.63, 3.8) is 0 Å². The lowest BCUT2D eigenvalue weighted by molar-refractivity contribution is -0.144. The molecule has 0 bridgehead atoms. The Labute approximate surface area is 183 Å². The van der Waals surface area contributed by atoms with E-state index >= 15 is 0 Å². The third-order valence-electron chi connectivity index (χ3n) is 5.27. The number of benzene rings is 1. The monoisotopic (exact) mass is 428 g/mol. The Morgan fingerprint density at radius 3 is 2.65 bits per heavy atom. The number of hydrogen-bond donors (Lipinski definition) is 1. The molecular formula is C24H32N2O5. The van der Waals surface area contributed by atoms with Gasteiger partial charge in [-0.05, 0) is 51.3 Å². The van der Waals surface area contributed by atoms with Crippen molar-refractivity contribution < 1.29 is 24.1 Å². The molecule has 0 radical (unpaired) electrons. The van der Waals surface area contributed by atoms with Crippen LogP contribution in [-0.4, -0.2) is 46.1 Å². The van der Waals surface area contributed by atoms with Crippen molar-refractivity contribution in [3.05, 3.63) is 41.7 Å². The van der Waals surface area contributed by atoms with Crippen molar-refractivity contribution in [1.29, 1.82) is 0 Å². The van der Waals surface area contributed by atoms with E-state index in [9.17, 15) is 9.90 Å². The van der Waals surface area contributed by atoms with Gasteiger partial charge < -0.3 is 19.3 Å². The number of carbonyl (C=O) groups excluding carboxylic acids is 1. The standard InChI is InChI=1S/C24H32N2O5/c1-5-9-19(27)23-18(25-16-10-6-7-11-17(16)26-23)14-15-21-20(30-24(2,3)31-21)12-8-13-22(28)29-4/h6-7,10-11,14-15,19-21,27H,5,8-9,12-13H2,1-4H3/b15-14+/t19-,20+,21-/m1/s1. The van der Waals surface area contributed by atoms with Crippen LogP contribution >= 0.6 is 0 Å². The normalized spacial score (nSPS) is 21.6. The van der Waals surface area contributed by atoms with E-state index in [4.69, 9.17) is 19.2 Å². The molecule has 1 N–H and O–H groups in total. The lowest BCUT2D eigenvalue weighted by Gasteiger charge is -2.16. The molecule has 1 fully saturated rings. The molecule has 0 aliphatic carbocycles. The van der Waals surface area contributed by atoms with Gasteiger partial charge in [-0.1, -0.05) is 31.6 Å². The van der Waals surface area contributed by atoms with E-state index < -0.39 is 11.9 Å². The molecule has 0 spiro atoms. The van der Waals surface area contributed by atoms with Crippen molar-refractivity contribution in [1.82, 2.24) is 9.97 Å². The fourth-order valence-electron chi connectivity index (χ4n) is 3.79. The number of esters is 1. The van der Waals surface area contributed by atoms with Gasteiger partial charge in [-0.15, -0.1) is 0 Å². The van der Waals surface area contributed by atoms with E-state index in [2.05, 4.69) is 4.98 Å². The van der Waals surface area contributed by atoms with Gasteiger partial charge in [0.05, 0.1) is 41.7 Å². The molecule has 3 rings (SSSR count). The molecule has 1 aliphatic heterocycles. The first-order valence-corrected chi connectivity index (χ1v) is 10.9. The van der Waals surface area contributed by atoms with Crippen LogP contribution in [0.25, 0.3) is 17.1 Å². The van der Waals surface area contributed by atoms with Crippen molar-refractivity contribution in [2.45, 2.75) is 77.0 Å². The quantitative estimate of drug-likeness (QED) is 0.594. The number of hydrogen-bond acceptors (Lipinski definition) is 7. The summed E-state index contributed by atoms with van der Waals surface area (Å²) in [4.78, 5) is 20.8. The first kappa shape index (κ1) is 23.3. The van der Waals surface area contributed by atoms with Gasteiger partial charge in [-0.2, -0.15) is 0 Å². The summed E-state index contributed by atoms with van der Waals surface area (Å²) < 4.78 is 16.8. The highest BCUT2D eigenvalue weighted by Gasteiger charge is 2.39. The largest absolute Gasteiger partial charge is 0.469 e. The minimum absolute atomic E-state index is 0.187. The van der Waals surface area contributed by atoms with Crippen LogP contribution in [-0.2, 0) is 19.0 Å². The molecule has 2 heterocycles. The van der Waals surface area contributed by atoms with Crippen molar-refractivity contribution >= 4 is 23.1 Å². The Morgan fingerprint density at radius 2 is 1.97 bits per heavy atom. The number of para-hydroxylation sites is 2. The number of aliphatic hydroxyl groups excluding tert-OH is 1. The minimum Gasteiger partial charge on any atom is -0.469 e. The van der Waals surface area contributed by atoms with Crippen molar-refractivity contribution in [3.8, 4) is 0 Å². The number of aliphatic hydroxyl groups is 1. The predicted molar refractivity (Wildman–Crippen MR) is 118 cm³/mol. The van der Waals surface area contributed by atoms with Gasteiger partial charge in [0.2, 0.25) is 0 Å². The summed E-state index contributed by atoms with van der Waals surface area (Å²) in [6, 6.07) is 7.63. The van der Waals surface area contributed by atoms with Gasteiger partial charge >= 0.3 is 5.97 Å². The summed E-state index contributed by atoms with van der Waals surface area (Å²) in [5.74, 6) is -0.948. The molecule has 7 heteroatoms. The number of rotatable bonds is 9. The smallest absolute Gasteiger partial charge is 0.305 e. The average molecular weight is 429 g/mol. The van der Waals surface area contributed by atoms with Gasteiger partial charge in [0.1, 0.15) is 6.10 Å². The first-order valence-electron chi connectivity index (χ1n) is 10.9. The molecule has 1 aromatic heterocycles. The van der Waals surface area contributed by atoms with E-state index in [1.807, 2.05) is 57.2 Å². The highest BCUT2D eigenvalue weighted by atomic mass is 16.7. The minimum atomic E-state index is -0.718. The number of carbonyl (C=O) groups is 1. The highest BCUT2D eigenvalue weighted by molar-refractivity contribution is 5.75. The second-order valence-corrected chi connectivity index (χ2v) is 8.25. The molecule has 3 atom stereocenters. The van der Waals surface area contributed by atoms with Crippen LogP contribution in [0.5, 0.6) is 0 Å². The van der Waals surface area contributed by atoms with Crippen LogP contribution in [0.3, 0.4) is 0 Å². The van der Waals surface area contributed by atoms with E-state index in [1.165, 1.54) is 7.11 Å². The number of nitrogens with zero attached hydrogens (tertiary/aromatic N) is 2. The Hall–Kier alpha value is -2.35. The van der Waals surface area contributed by atoms with E-state index in [1.54, 1.807) is 0 Å². The molecule has 0 saturated carbocycles. The zero-order valence-corrected chi connectivity index (χ0v) is 18.7. The summed E-state index contributed by atoms with van der Waals surface area (Å²) in [6.07, 6.45) is 5.72. The number of methoxy groups -OCH3 is 1. The Bertz CT molecular complexity index is 927. The topological polar surface area (TPSA) is 90.8 Å². The van der Waals surface area contributed by atoms with Crippen LogP contribution < -0.4 is 0 Å². The number of ether oxygens (including phenoxy) is 3. The molecule has 0 amide bonds. The van der Waals surface area contributed by atoms with E-state index in [-0.39, 0.29) is 18.2 Å². The molecule has 7 nitrogen and oxygen atoms in total. The van der Waals surface area contributed by atoms with E-state index in [0.717, 1.165) is 17.5 Å². The molecule has 1 aliphatic rings. The van der Waals surface area contributed by atoms with Crippen molar-refractivity contribution in [2.75, 3.05) is 7.11 Å². The highest BCUT2D eigenvalue weighted by Crippen LogP contribution is 2.32. The molecule has 31 heavy (non-hydrogen) atoms. The maximum Gasteiger partial charge on any atom is 0.305 e. The maximum absolute atomic E-state index is 11.4. The number of fused-ring (bicyclic) bond motifs is 1. The van der Waals surface area contributed by atoms with Crippen LogP contribution in [0.2, 0.25) is 0 Å². The predicted octanol–water partition coefficient (Wildman–Crippen LogP) is 4.34. The molecule has 2 aromatic rings. The van der Waals surface area contributed by atoms with Crippen molar-refractivity contribution in [2.24, 2.45) is 0 Å². The van der Waals surface area contributed by atoms with Crippen LogP contribution in [0, 0.1) is 0 Å². The summed E-state index contributed by atoms with van der Waals surface area (Å²) in [5, 5.41) is 10.6. The van der Waals surface area contributed by atoms with Gasteiger partial charge in [0.25, 0.3) is 0 Å². The van der Waals surface area contributed by atoms with Gasteiger partial charge in [0.15, 0.2) is 5.79 Å². The molecule has 1 aromatic carbocycles. The molecule has 0 unspecified atom stereocenters.